The van der Waals surface area contributed by atoms with Crippen LogP contribution in [-0.2, 0) is 15.6 Å². The molecule has 1 heterocycles. The van der Waals surface area contributed by atoms with Crippen LogP contribution in [0.2, 0.25) is 5.04 Å². The Labute approximate surface area is 274 Å². The predicted molar refractivity (Wildman–Crippen MR) is 184 cm³/mol. The van der Waals surface area contributed by atoms with Gasteiger partial charge in [-0.25, -0.2) is 4.39 Å². The Morgan fingerprint density at radius 3 is 2.11 bits per heavy atom. The van der Waals surface area contributed by atoms with Crippen LogP contribution in [-0.4, -0.2) is 45.6 Å². The maximum Gasteiger partial charge on any atom is 0.261 e. The quantitative estimate of drug-likeness (QED) is 0.132. The number of rotatable bonds is 12. The summed E-state index contributed by atoms with van der Waals surface area (Å²) in [5.74, 6) is 0.814. The van der Waals surface area contributed by atoms with Crippen molar-refractivity contribution in [3.63, 3.8) is 0 Å². The van der Waals surface area contributed by atoms with Crippen LogP contribution in [0.15, 0.2) is 97.1 Å². The monoisotopic (exact) mass is 642 g/mol. The molecular weight excluding hydrogens is 596 g/mol. The molecule has 1 aliphatic rings. The lowest BCUT2D eigenvalue weighted by atomic mass is 9.97. The Balaban J connectivity index is 1.37. The predicted octanol–water partition coefficient (Wildman–Crippen LogP) is 7.13. The van der Waals surface area contributed by atoms with E-state index in [-0.39, 0.29) is 29.5 Å². The minimum absolute atomic E-state index is 0.193. The molecule has 4 aromatic rings. The first kappa shape index (κ1) is 33.9. The van der Waals surface area contributed by atoms with Gasteiger partial charge in [-0.3, -0.25) is 0 Å². The Morgan fingerprint density at radius 1 is 0.870 bits per heavy atom. The number of hydrogen-bond donors (Lipinski definition) is 1. The molecule has 46 heavy (non-hydrogen) atoms. The third-order valence-corrected chi connectivity index (χ3v) is 13.9. The van der Waals surface area contributed by atoms with Crippen molar-refractivity contribution in [3.8, 4) is 11.5 Å². The number of aliphatic hydroxyl groups is 1. The third-order valence-electron chi connectivity index (χ3n) is 8.87. The Morgan fingerprint density at radius 2 is 1.50 bits per heavy atom. The second-order valence-corrected chi connectivity index (χ2v) is 17.6. The lowest BCUT2D eigenvalue weighted by Gasteiger charge is -2.48. The van der Waals surface area contributed by atoms with E-state index in [9.17, 15) is 9.50 Å². The average molecular weight is 643 g/mol. The SMILES string of the molecule is Cc1cc(C)c(OC[C@@H]2[C@@H](O)OCC[C@H]2O[Si](c2ccccc2)(c2ccccc2)C(C)(C)C)c(CCCOc2ccc(F)cc2)c1. The summed E-state index contributed by atoms with van der Waals surface area (Å²) in [4.78, 5) is 0. The van der Waals surface area contributed by atoms with E-state index in [0.717, 1.165) is 35.3 Å². The zero-order chi connectivity index (χ0) is 32.7. The van der Waals surface area contributed by atoms with Crippen LogP contribution in [0.5, 0.6) is 11.5 Å². The summed E-state index contributed by atoms with van der Waals surface area (Å²) < 4.78 is 39.0. The van der Waals surface area contributed by atoms with E-state index in [1.165, 1.54) is 22.5 Å². The summed E-state index contributed by atoms with van der Waals surface area (Å²) in [6, 6.07) is 31.5. The molecule has 0 aliphatic carbocycles. The number of hydrogen-bond acceptors (Lipinski definition) is 5. The third kappa shape index (κ3) is 7.72. The van der Waals surface area contributed by atoms with Crippen molar-refractivity contribution in [1.29, 1.82) is 0 Å². The lowest BCUT2D eigenvalue weighted by Crippen LogP contribution is -2.69. The van der Waals surface area contributed by atoms with Gasteiger partial charge in [0.2, 0.25) is 0 Å². The van der Waals surface area contributed by atoms with Gasteiger partial charge in [-0.2, -0.15) is 0 Å². The van der Waals surface area contributed by atoms with Gasteiger partial charge in [0.25, 0.3) is 8.32 Å². The van der Waals surface area contributed by atoms with Gasteiger partial charge in [0.1, 0.15) is 17.3 Å². The molecule has 1 fully saturated rings. The molecule has 0 aromatic heterocycles. The van der Waals surface area contributed by atoms with Crippen molar-refractivity contribution in [2.45, 2.75) is 71.3 Å². The molecule has 0 amide bonds. The van der Waals surface area contributed by atoms with E-state index in [1.54, 1.807) is 12.1 Å². The number of ether oxygens (including phenoxy) is 3. The first-order chi connectivity index (χ1) is 22.1. The molecular formula is C39H47FO5Si. The van der Waals surface area contributed by atoms with Crippen molar-refractivity contribution in [1.82, 2.24) is 0 Å². The highest BCUT2D eigenvalue weighted by molar-refractivity contribution is 6.99. The Bertz CT molecular complexity index is 1500. The first-order valence-corrected chi connectivity index (χ1v) is 18.2. The highest BCUT2D eigenvalue weighted by Crippen LogP contribution is 2.40. The fourth-order valence-electron chi connectivity index (χ4n) is 6.68. The molecule has 5 rings (SSSR count). The van der Waals surface area contributed by atoms with Crippen LogP contribution in [0.25, 0.3) is 0 Å². The highest BCUT2D eigenvalue weighted by atomic mass is 28.4. The number of aliphatic hydroxyl groups excluding tert-OH is 1. The summed E-state index contributed by atoms with van der Waals surface area (Å²) in [5, 5.41) is 13.4. The van der Waals surface area contributed by atoms with E-state index in [2.05, 4.69) is 95.3 Å². The zero-order valence-corrected chi connectivity index (χ0v) is 28.7. The van der Waals surface area contributed by atoms with Crippen LogP contribution < -0.4 is 19.8 Å². The maximum atomic E-state index is 13.3. The van der Waals surface area contributed by atoms with E-state index >= 15 is 0 Å². The van der Waals surface area contributed by atoms with E-state index in [4.69, 9.17) is 18.6 Å². The summed E-state index contributed by atoms with van der Waals surface area (Å²) >= 11 is 0. The summed E-state index contributed by atoms with van der Waals surface area (Å²) in [7, 11) is -2.86. The highest BCUT2D eigenvalue weighted by Gasteiger charge is 2.53. The van der Waals surface area contributed by atoms with Crippen molar-refractivity contribution >= 4 is 18.7 Å². The minimum atomic E-state index is -2.86. The molecule has 0 bridgehead atoms. The maximum absolute atomic E-state index is 13.3. The molecule has 1 saturated heterocycles. The molecule has 7 heteroatoms. The molecule has 4 aromatic carbocycles. The summed E-state index contributed by atoms with van der Waals surface area (Å²) in [6.07, 6.45) is 0.912. The van der Waals surface area contributed by atoms with Crippen molar-refractivity contribution < 1.29 is 28.1 Å². The largest absolute Gasteiger partial charge is 0.494 e. The number of benzene rings is 4. The second-order valence-electron chi connectivity index (χ2n) is 13.3. The van der Waals surface area contributed by atoms with E-state index < -0.39 is 14.6 Å². The normalized spacial score (nSPS) is 18.7. The molecule has 3 atom stereocenters. The number of aryl methyl sites for hydroxylation is 3. The topological polar surface area (TPSA) is 57.2 Å². The molecule has 244 valence electrons. The fraction of sp³-hybridized carbons (Fsp3) is 0.385. The van der Waals surface area contributed by atoms with Crippen LogP contribution in [0.4, 0.5) is 4.39 Å². The lowest BCUT2D eigenvalue weighted by molar-refractivity contribution is -0.196. The van der Waals surface area contributed by atoms with Crippen molar-refractivity contribution in [2.75, 3.05) is 19.8 Å². The van der Waals surface area contributed by atoms with E-state index in [0.29, 0.717) is 25.4 Å². The average Bonchev–Trinajstić information content (AvgIpc) is 3.03. The van der Waals surface area contributed by atoms with Crippen LogP contribution >= 0.6 is 0 Å². The molecule has 0 saturated carbocycles. The van der Waals surface area contributed by atoms with Crippen LogP contribution in [0.1, 0.15) is 50.3 Å². The second kappa shape index (κ2) is 14.9. The van der Waals surface area contributed by atoms with Gasteiger partial charge in [-0.15, -0.1) is 0 Å². The van der Waals surface area contributed by atoms with Gasteiger partial charge in [0, 0.05) is 0 Å². The molecule has 0 radical (unpaired) electrons. The van der Waals surface area contributed by atoms with Crippen LogP contribution in [0, 0.1) is 25.6 Å². The molecule has 1 N–H and O–H groups in total. The van der Waals surface area contributed by atoms with Crippen LogP contribution in [0.3, 0.4) is 0 Å². The van der Waals surface area contributed by atoms with Gasteiger partial charge in [-0.05, 0) is 83.9 Å². The van der Waals surface area contributed by atoms with Crippen molar-refractivity contribution in [2.24, 2.45) is 5.92 Å². The molecule has 0 spiro atoms. The van der Waals surface area contributed by atoms with Gasteiger partial charge >= 0.3 is 0 Å². The van der Waals surface area contributed by atoms with Gasteiger partial charge < -0.3 is 23.7 Å². The minimum Gasteiger partial charge on any atom is -0.494 e. The summed E-state index contributed by atoms with van der Waals surface area (Å²) in [6.45, 7) is 12.1. The smallest absolute Gasteiger partial charge is 0.261 e. The Hall–Kier alpha value is -3.49. The molecule has 0 unspecified atom stereocenters. The summed E-state index contributed by atoms with van der Waals surface area (Å²) in [5.41, 5.74) is 3.30. The molecule has 5 nitrogen and oxygen atoms in total. The van der Waals surface area contributed by atoms with Gasteiger partial charge in [-0.1, -0.05) is 99.1 Å². The first-order valence-electron chi connectivity index (χ1n) is 16.3. The zero-order valence-electron chi connectivity index (χ0n) is 27.7. The Kier molecular flexibility index (Phi) is 11.0. The fourth-order valence-corrected chi connectivity index (χ4v) is 11.4. The number of halogens is 1. The molecule has 1 aliphatic heterocycles. The van der Waals surface area contributed by atoms with E-state index in [1.807, 2.05) is 12.1 Å². The standard InChI is InChI=1S/C39H47FO5Si/c1-28-25-29(2)37(30(26-28)13-12-23-42-32-20-18-31(40)19-21-32)44-27-35-36(22-24-43-38(35)41)45-46(39(3,4)5,33-14-8-6-9-15-33)34-16-10-7-11-17-34/h6-11,14-21,25-26,35-36,38,41H,12-13,22-24,27H2,1-5H3/t35-,36+,38-/m0/s1. The van der Waals surface area contributed by atoms with Gasteiger partial charge in [0.15, 0.2) is 6.29 Å². The van der Waals surface area contributed by atoms with Gasteiger partial charge in [0.05, 0.1) is 31.8 Å². The van der Waals surface area contributed by atoms with Crippen molar-refractivity contribution in [3.05, 3.63) is 120 Å².